The molecule has 1 N–H and O–H groups in total. The molecular formula is C14H18N6OS. The monoisotopic (exact) mass is 318 g/mol. The average molecular weight is 318 g/mol. The standard InChI is InChI=1S/C14H18N6OS/c1-9(21)15-12-5-7-20(17-12)11-4-6-19(8-11)14-16-13(18-22-14)10-2-3-10/h5,7,10-11H,2-4,6,8H2,1H3,(H,15,17,21)/t11-/m1/s1. The molecule has 1 atom stereocenters. The Morgan fingerprint density at radius 2 is 2.27 bits per heavy atom. The van der Waals surface area contributed by atoms with Gasteiger partial charge in [-0.05, 0) is 19.3 Å². The van der Waals surface area contributed by atoms with Crippen LogP contribution in [0.3, 0.4) is 0 Å². The van der Waals surface area contributed by atoms with Gasteiger partial charge in [-0.2, -0.15) is 9.47 Å². The number of aromatic nitrogens is 4. The van der Waals surface area contributed by atoms with Crippen LogP contribution >= 0.6 is 11.5 Å². The van der Waals surface area contributed by atoms with E-state index in [4.69, 9.17) is 0 Å². The predicted octanol–water partition coefficient (Wildman–Crippen LogP) is 2.02. The Bertz CT molecular complexity index is 691. The van der Waals surface area contributed by atoms with E-state index >= 15 is 0 Å². The largest absolute Gasteiger partial charge is 0.345 e. The maximum Gasteiger partial charge on any atom is 0.222 e. The van der Waals surface area contributed by atoms with E-state index in [0.29, 0.717) is 17.8 Å². The van der Waals surface area contributed by atoms with Crippen LogP contribution in [0.1, 0.15) is 44.0 Å². The van der Waals surface area contributed by atoms with Crippen LogP contribution in [0.5, 0.6) is 0 Å². The van der Waals surface area contributed by atoms with Crippen LogP contribution in [-0.4, -0.2) is 38.1 Å². The molecule has 1 aliphatic carbocycles. The first-order valence-electron chi connectivity index (χ1n) is 7.60. The molecule has 22 heavy (non-hydrogen) atoms. The lowest BCUT2D eigenvalue weighted by atomic mass is 10.3. The van der Waals surface area contributed by atoms with Crippen LogP contribution in [0.25, 0.3) is 0 Å². The van der Waals surface area contributed by atoms with E-state index in [0.717, 1.165) is 30.5 Å². The molecule has 2 aromatic heterocycles. The molecule has 0 bridgehead atoms. The van der Waals surface area contributed by atoms with E-state index in [1.165, 1.54) is 31.3 Å². The first-order chi connectivity index (χ1) is 10.7. The van der Waals surface area contributed by atoms with Crippen molar-refractivity contribution in [3.63, 3.8) is 0 Å². The summed E-state index contributed by atoms with van der Waals surface area (Å²) < 4.78 is 6.41. The van der Waals surface area contributed by atoms with Gasteiger partial charge in [-0.1, -0.05) is 0 Å². The number of hydrogen-bond donors (Lipinski definition) is 1. The quantitative estimate of drug-likeness (QED) is 0.933. The second-order valence-corrected chi connectivity index (χ2v) is 6.69. The minimum atomic E-state index is -0.0974. The SMILES string of the molecule is CC(=O)Nc1ccn([C@@H]2CCN(c3nc(C4CC4)ns3)C2)n1. The van der Waals surface area contributed by atoms with Gasteiger partial charge in [0.25, 0.3) is 0 Å². The van der Waals surface area contributed by atoms with Crippen LogP contribution in [0.4, 0.5) is 10.9 Å². The second-order valence-electron chi connectivity index (χ2n) is 5.96. The van der Waals surface area contributed by atoms with Gasteiger partial charge in [0.2, 0.25) is 11.0 Å². The average Bonchev–Trinajstić information content (AvgIpc) is 2.95. The van der Waals surface area contributed by atoms with Crippen molar-refractivity contribution in [3.8, 4) is 0 Å². The molecule has 7 nitrogen and oxygen atoms in total. The highest BCUT2D eigenvalue weighted by atomic mass is 32.1. The van der Waals surface area contributed by atoms with Crippen LogP contribution in [0.15, 0.2) is 12.3 Å². The van der Waals surface area contributed by atoms with Gasteiger partial charge in [-0.15, -0.1) is 0 Å². The van der Waals surface area contributed by atoms with E-state index in [1.54, 1.807) is 0 Å². The number of rotatable bonds is 4. The van der Waals surface area contributed by atoms with Crippen molar-refractivity contribution >= 4 is 28.4 Å². The summed E-state index contributed by atoms with van der Waals surface area (Å²) in [6.45, 7) is 3.35. The third-order valence-electron chi connectivity index (χ3n) is 4.09. The predicted molar refractivity (Wildman–Crippen MR) is 84.3 cm³/mol. The molecule has 3 heterocycles. The lowest BCUT2D eigenvalue weighted by Gasteiger charge is -2.14. The lowest BCUT2D eigenvalue weighted by Crippen LogP contribution is -2.21. The van der Waals surface area contributed by atoms with Crippen molar-refractivity contribution in [2.75, 3.05) is 23.3 Å². The van der Waals surface area contributed by atoms with Crippen LogP contribution in [-0.2, 0) is 4.79 Å². The number of hydrogen-bond acceptors (Lipinski definition) is 6. The van der Waals surface area contributed by atoms with Crippen molar-refractivity contribution in [2.24, 2.45) is 0 Å². The smallest absolute Gasteiger partial charge is 0.222 e. The van der Waals surface area contributed by atoms with Gasteiger partial charge < -0.3 is 10.2 Å². The Morgan fingerprint density at radius 1 is 1.41 bits per heavy atom. The zero-order chi connectivity index (χ0) is 15.1. The van der Waals surface area contributed by atoms with E-state index in [1.807, 2.05) is 16.9 Å². The first kappa shape index (κ1) is 13.7. The number of amides is 1. The molecule has 1 saturated heterocycles. The zero-order valence-corrected chi connectivity index (χ0v) is 13.2. The number of nitrogens with one attached hydrogen (secondary N) is 1. The van der Waals surface area contributed by atoms with Crippen molar-refractivity contribution in [1.82, 2.24) is 19.1 Å². The van der Waals surface area contributed by atoms with Gasteiger partial charge in [-0.25, -0.2) is 4.98 Å². The fourth-order valence-corrected chi connectivity index (χ4v) is 3.56. The molecule has 116 valence electrons. The van der Waals surface area contributed by atoms with Gasteiger partial charge in [0, 0.05) is 49.7 Å². The van der Waals surface area contributed by atoms with Crippen molar-refractivity contribution < 1.29 is 4.79 Å². The fourth-order valence-electron chi connectivity index (χ4n) is 2.78. The Hall–Kier alpha value is -1.96. The number of carbonyl (C=O) groups excluding carboxylic acids is 1. The third-order valence-corrected chi connectivity index (χ3v) is 4.89. The first-order valence-corrected chi connectivity index (χ1v) is 8.37. The molecule has 1 saturated carbocycles. The highest BCUT2D eigenvalue weighted by Gasteiger charge is 2.31. The molecule has 1 aliphatic heterocycles. The van der Waals surface area contributed by atoms with E-state index in [9.17, 15) is 4.79 Å². The highest BCUT2D eigenvalue weighted by Crippen LogP contribution is 2.40. The van der Waals surface area contributed by atoms with Gasteiger partial charge in [-0.3, -0.25) is 9.48 Å². The van der Waals surface area contributed by atoms with Crippen LogP contribution in [0, 0.1) is 0 Å². The summed E-state index contributed by atoms with van der Waals surface area (Å²) in [6, 6.07) is 2.15. The topological polar surface area (TPSA) is 75.9 Å². The summed E-state index contributed by atoms with van der Waals surface area (Å²) in [7, 11) is 0. The molecule has 2 aromatic rings. The number of nitrogens with zero attached hydrogens (tertiary/aromatic N) is 5. The van der Waals surface area contributed by atoms with Gasteiger partial charge >= 0.3 is 0 Å². The van der Waals surface area contributed by atoms with Crippen molar-refractivity contribution in [1.29, 1.82) is 0 Å². The molecule has 1 amide bonds. The normalized spacial score (nSPS) is 21.3. The maximum atomic E-state index is 11.1. The molecule has 0 aromatic carbocycles. The number of carbonyl (C=O) groups is 1. The lowest BCUT2D eigenvalue weighted by molar-refractivity contribution is -0.114. The fraction of sp³-hybridized carbons (Fsp3) is 0.571. The van der Waals surface area contributed by atoms with Gasteiger partial charge in [0.15, 0.2) is 5.82 Å². The van der Waals surface area contributed by atoms with Crippen LogP contribution in [0.2, 0.25) is 0 Å². The summed E-state index contributed by atoms with van der Waals surface area (Å²) in [4.78, 5) is 18.0. The molecule has 0 unspecified atom stereocenters. The van der Waals surface area contributed by atoms with Crippen molar-refractivity contribution in [2.45, 2.75) is 38.1 Å². The minimum Gasteiger partial charge on any atom is -0.345 e. The van der Waals surface area contributed by atoms with Crippen LogP contribution < -0.4 is 10.2 Å². The Morgan fingerprint density at radius 3 is 3.05 bits per heavy atom. The Kier molecular flexibility index (Phi) is 3.33. The van der Waals surface area contributed by atoms with Gasteiger partial charge in [0.05, 0.1) is 6.04 Å². The zero-order valence-electron chi connectivity index (χ0n) is 12.4. The molecule has 2 aliphatic rings. The van der Waals surface area contributed by atoms with Crippen molar-refractivity contribution in [3.05, 3.63) is 18.1 Å². The van der Waals surface area contributed by atoms with E-state index in [2.05, 4.69) is 24.7 Å². The Balaban J connectivity index is 1.42. The molecule has 4 rings (SSSR count). The number of anilines is 2. The van der Waals surface area contributed by atoms with Gasteiger partial charge in [0.1, 0.15) is 5.82 Å². The molecule has 2 fully saturated rings. The minimum absolute atomic E-state index is 0.0974. The molecular weight excluding hydrogens is 300 g/mol. The highest BCUT2D eigenvalue weighted by molar-refractivity contribution is 7.09. The maximum absolute atomic E-state index is 11.1. The van der Waals surface area contributed by atoms with E-state index < -0.39 is 0 Å². The Labute approximate surface area is 132 Å². The molecule has 0 spiro atoms. The second kappa shape index (κ2) is 5.35. The van der Waals surface area contributed by atoms with E-state index in [-0.39, 0.29) is 5.91 Å². The summed E-state index contributed by atoms with van der Waals surface area (Å²) >= 11 is 1.50. The summed E-state index contributed by atoms with van der Waals surface area (Å²) in [6.07, 6.45) is 5.42. The molecule has 0 radical (unpaired) electrons. The summed E-state index contributed by atoms with van der Waals surface area (Å²) in [5, 5.41) is 8.17. The summed E-state index contributed by atoms with van der Waals surface area (Å²) in [5.41, 5.74) is 0. The third kappa shape index (κ3) is 2.70. The summed E-state index contributed by atoms with van der Waals surface area (Å²) in [5.74, 6) is 2.14. The molecule has 8 heteroatoms.